The van der Waals surface area contributed by atoms with Crippen molar-refractivity contribution in [2.24, 2.45) is 0 Å². The molecule has 124 valence electrons. The van der Waals surface area contributed by atoms with Gasteiger partial charge in [0.15, 0.2) is 0 Å². The second kappa shape index (κ2) is 7.08. The van der Waals surface area contributed by atoms with E-state index in [-0.39, 0.29) is 6.04 Å². The van der Waals surface area contributed by atoms with E-state index in [2.05, 4.69) is 51.8 Å². The molecule has 0 saturated carbocycles. The Morgan fingerprint density at radius 1 is 1.30 bits per heavy atom. The molecule has 1 fully saturated rings. The first-order valence-corrected chi connectivity index (χ1v) is 8.43. The molecule has 0 amide bonds. The number of hydrogen-bond donors (Lipinski definition) is 2. The molecule has 1 atom stereocenters. The second-order valence-electron chi connectivity index (χ2n) is 6.48. The fourth-order valence-electron chi connectivity index (χ4n) is 3.03. The van der Waals surface area contributed by atoms with Crippen LogP contribution in [0.3, 0.4) is 0 Å². The smallest absolute Gasteiger partial charge is 0.130 e. The van der Waals surface area contributed by atoms with Crippen LogP contribution in [0, 0.1) is 13.8 Å². The summed E-state index contributed by atoms with van der Waals surface area (Å²) in [5, 5.41) is 11.2. The topological polar surface area (TPSA) is 67.7 Å². The third kappa shape index (κ3) is 4.07. The first-order valence-electron chi connectivity index (χ1n) is 8.43. The van der Waals surface area contributed by atoms with E-state index in [0.717, 1.165) is 44.1 Å². The molecule has 6 nitrogen and oxygen atoms in total. The molecule has 1 saturated heterocycles. The normalized spacial score (nSPS) is 17.2. The van der Waals surface area contributed by atoms with Crippen LogP contribution in [-0.2, 0) is 0 Å². The van der Waals surface area contributed by atoms with Crippen molar-refractivity contribution in [1.29, 1.82) is 0 Å². The number of nitrogens with zero attached hydrogens (tertiary/aromatic N) is 4. The van der Waals surface area contributed by atoms with Gasteiger partial charge >= 0.3 is 0 Å². The number of nitrogens with one attached hydrogen (secondary N) is 2. The van der Waals surface area contributed by atoms with Crippen molar-refractivity contribution >= 4 is 5.82 Å². The van der Waals surface area contributed by atoms with Crippen LogP contribution in [0.4, 0.5) is 5.82 Å². The van der Waals surface area contributed by atoms with E-state index in [1.165, 1.54) is 11.3 Å². The van der Waals surface area contributed by atoms with Gasteiger partial charge in [0.25, 0.3) is 0 Å². The molecule has 1 aliphatic heterocycles. The van der Waals surface area contributed by atoms with Gasteiger partial charge in [-0.25, -0.2) is 9.97 Å². The van der Waals surface area contributed by atoms with Crippen molar-refractivity contribution in [2.45, 2.75) is 45.6 Å². The van der Waals surface area contributed by atoms with Gasteiger partial charge in [0.2, 0.25) is 0 Å². The Balaban J connectivity index is 1.66. The van der Waals surface area contributed by atoms with E-state index in [1.807, 2.05) is 17.8 Å². The average molecular weight is 314 g/mol. The minimum Gasteiger partial charge on any atom is -0.368 e. The lowest BCUT2D eigenvalue weighted by Gasteiger charge is -2.23. The number of piperidine rings is 1. The summed E-state index contributed by atoms with van der Waals surface area (Å²) in [6, 6.07) is 2.39. The number of hydrogen-bond acceptors (Lipinski definition) is 5. The minimum atomic E-state index is 0.279. The Bertz CT molecular complexity index is 644. The zero-order valence-electron chi connectivity index (χ0n) is 14.2. The predicted octanol–water partition coefficient (Wildman–Crippen LogP) is 2.43. The van der Waals surface area contributed by atoms with Gasteiger partial charge in [0.1, 0.15) is 11.6 Å². The third-order valence-electron chi connectivity index (χ3n) is 4.38. The van der Waals surface area contributed by atoms with Crippen LogP contribution in [-0.4, -0.2) is 39.4 Å². The van der Waals surface area contributed by atoms with Gasteiger partial charge in [-0.05, 0) is 52.3 Å². The lowest BCUT2D eigenvalue weighted by molar-refractivity contribution is 0.452. The van der Waals surface area contributed by atoms with E-state index in [0.29, 0.717) is 5.92 Å². The average Bonchev–Trinajstić information content (AvgIpc) is 2.99. The summed E-state index contributed by atoms with van der Waals surface area (Å²) in [5.74, 6) is 2.30. The summed E-state index contributed by atoms with van der Waals surface area (Å²) in [5.41, 5.74) is 2.35. The van der Waals surface area contributed by atoms with Crippen LogP contribution in [0.15, 0.2) is 18.5 Å². The summed E-state index contributed by atoms with van der Waals surface area (Å²) < 4.78 is 1.99. The Kier molecular flexibility index (Phi) is 4.91. The summed E-state index contributed by atoms with van der Waals surface area (Å²) in [6.07, 6.45) is 6.26. The molecular formula is C17H26N6. The van der Waals surface area contributed by atoms with Gasteiger partial charge in [-0.15, -0.1) is 0 Å². The fourth-order valence-corrected chi connectivity index (χ4v) is 3.03. The molecule has 23 heavy (non-hydrogen) atoms. The molecule has 0 spiro atoms. The lowest BCUT2D eigenvalue weighted by Crippen LogP contribution is -2.27. The second-order valence-corrected chi connectivity index (χ2v) is 6.48. The van der Waals surface area contributed by atoms with E-state index < -0.39 is 0 Å². The highest BCUT2D eigenvalue weighted by Gasteiger charge is 2.18. The summed E-state index contributed by atoms with van der Waals surface area (Å²) in [7, 11) is 0. The van der Waals surface area contributed by atoms with Crippen molar-refractivity contribution in [3.05, 3.63) is 35.5 Å². The van der Waals surface area contributed by atoms with Crippen LogP contribution in [0.2, 0.25) is 0 Å². The van der Waals surface area contributed by atoms with Crippen LogP contribution in [0.1, 0.15) is 48.8 Å². The SMILES string of the molecule is Cc1cnn([C@@H](C)CNc2cc(C3CCNCC3)nc(C)n2)c1. The molecule has 0 bridgehead atoms. The quantitative estimate of drug-likeness (QED) is 0.887. The Hall–Kier alpha value is -1.95. The number of aromatic nitrogens is 4. The zero-order valence-corrected chi connectivity index (χ0v) is 14.2. The maximum Gasteiger partial charge on any atom is 0.130 e. The molecule has 0 aliphatic carbocycles. The maximum atomic E-state index is 4.65. The first-order chi connectivity index (χ1) is 11.1. The Morgan fingerprint density at radius 2 is 2.09 bits per heavy atom. The molecular weight excluding hydrogens is 288 g/mol. The Labute approximate surface area is 137 Å². The highest BCUT2D eigenvalue weighted by atomic mass is 15.3. The molecule has 2 N–H and O–H groups in total. The van der Waals surface area contributed by atoms with Crippen molar-refractivity contribution < 1.29 is 0 Å². The van der Waals surface area contributed by atoms with Crippen molar-refractivity contribution in [3.8, 4) is 0 Å². The van der Waals surface area contributed by atoms with Crippen molar-refractivity contribution in [1.82, 2.24) is 25.1 Å². The van der Waals surface area contributed by atoms with E-state index in [1.54, 1.807) is 0 Å². The van der Waals surface area contributed by atoms with Crippen molar-refractivity contribution in [2.75, 3.05) is 25.0 Å². The van der Waals surface area contributed by atoms with Gasteiger partial charge in [0.05, 0.1) is 12.2 Å². The fraction of sp³-hybridized carbons (Fsp3) is 0.588. The molecule has 6 heteroatoms. The van der Waals surface area contributed by atoms with Gasteiger partial charge in [-0.3, -0.25) is 4.68 Å². The highest BCUT2D eigenvalue weighted by molar-refractivity contribution is 5.37. The number of aryl methyl sites for hydroxylation is 2. The van der Waals surface area contributed by atoms with E-state index in [9.17, 15) is 0 Å². The summed E-state index contributed by atoms with van der Waals surface area (Å²) in [4.78, 5) is 9.18. The van der Waals surface area contributed by atoms with Gasteiger partial charge in [-0.2, -0.15) is 5.10 Å². The predicted molar refractivity (Wildman–Crippen MR) is 91.8 cm³/mol. The molecule has 3 rings (SSSR count). The molecule has 0 aromatic carbocycles. The van der Waals surface area contributed by atoms with Gasteiger partial charge < -0.3 is 10.6 Å². The largest absolute Gasteiger partial charge is 0.368 e. The molecule has 2 aromatic rings. The molecule has 0 unspecified atom stereocenters. The molecule has 0 radical (unpaired) electrons. The third-order valence-corrected chi connectivity index (χ3v) is 4.38. The Morgan fingerprint density at radius 3 is 2.78 bits per heavy atom. The number of anilines is 1. The van der Waals surface area contributed by atoms with Crippen LogP contribution in [0.5, 0.6) is 0 Å². The van der Waals surface area contributed by atoms with Crippen LogP contribution < -0.4 is 10.6 Å². The van der Waals surface area contributed by atoms with Gasteiger partial charge in [-0.1, -0.05) is 0 Å². The van der Waals surface area contributed by atoms with Crippen LogP contribution in [0.25, 0.3) is 0 Å². The van der Waals surface area contributed by atoms with Crippen LogP contribution >= 0.6 is 0 Å². The van der Waals surface area contributed by atoms with Gasteiger partial charge in [0, 0.05) is 30.4 Å². The molecule has 3 heterocycles. The first kappa shape index (κ1) is 15.9. The molecule has 2 aromatic heterocycles. The summed E-state index contributed by atoms with van der Waals surface area (Å²) >= 11 is 0. The minimum absolute atomic E-state index is 0.279. The van der Waals surface area contributed by atoms with E-state index >= 15 is 0 Å². The zero-order chi connectivity index (χ0) is 16.2. The highest BCUT2D eigenvalue weighted by Crippen LogP contribution is 2.25. The standard InChI is InChI=1S/C17H26N6/c1-12-9-20-23(11-12)13(2)10-19-17-8-16(21-14(3)22-17)15-4-6-18-7-5-15/h8-9,11,13,15,18H,4-7,10H2,1-3H3,(H,19,21,22)/t13-/m0/s1. The monoisotopic (exact) mass is 314 g/mol. The lowest BCUT2D eigenvalue weighted by atomic mass is 9.94. The van der Waals surface area contributed by atoms with Crippen molar-refractivity contribution in [3.63, 3.8) is 0 Å². The number of rotatable bonds is 5. The molecule has 1 aliphatic rings. The summed E-state index contributed by atoms with van der Waals surface area (Å²) in [6.45, 7) is 9.13. The van der Waals surface area contributed by atoms with E-state index in [4.69, 9.17) is 0 Å². The maximum absolute atomic E-state index is 4.65.